The second-order valence-electron chi connectivity index (χ2n) is 6.56. The molecule has 6 nitrogen and oxygen atoms in total. The Balaban J connectivity index is 1.37. The van der Waals surface area contributed by atoms with Gasteiger partial charge in [-0.15, -0.1) is 0 Å². The lowest BCUT2D eigenvalue weighted by atomic mass is 10.1. The fourth-order valence-electron chi connectivity index (χ4n) is 3.11. The van der Waals surface area contributed by atoms with Crippen molar-refractivity contribution in [3.05, 3.63) is 82.7 Å². The second kappa shape index (κ2) is 7.78. The van der Waals surface area contributed by atoms with Crippen LogP contribution in [0.4, 0.5) is 5.69 Å². The standard InChI is InChI=1S/C22H14ClN5OS/c23-16-5-4-15(19-11-24-12-26-19)10-18(16)27-22-28-21(29)20(30-22)9-13-3-6-17-14(8-13)2-1-7-25-17/h1-12H,(H,24,26)(H,27,28,29)/b20-9-. The zero-order chi connectivity index (χ0) is 20.5. The van der Waals surface area contributed by atoms with Crippen molar-refractivity contribution in [3.8, 4) is 11.3 Å². The van der Waals surface area contributed by atoms with Gasteiger partial charge in [-0.2, -0.15) is 4.99 Å². The number of nitrogens with zero attached hydrogens (tertiary/aromatic N) is 3. The first kappa shape index (κ1) is 18.6. The molecule has 2 aromatic carbocycles. The average molecular weight is 432 g/mol. The number of hydrogen-bond donors (Lipinski definition) is 2. The van der Waals surface area contributed by atoms with Crippen LogP contribution in [0.5, 0.6) is 0 Å². The van der Waals surface area contributed by atoms with Gasteiger partial charge in [-0.1, -0.05) is 29.8 Å². The molecular weight excluding hydrogens is 418 g/mol. The molecule has 1 aliphatic heterocycles. The number of H-pyrrole nitrogens is 1. The summed E-state index contributed by atoms with van der Waals surface area (Å²) in [7, 11) is 0. The molecule has 1 amide bonds. The Hall–Kier alpha value is -3.42. The summed E-state index contributed by atoms with van der Waals surface area (Å²) in [4.78, 5) is 28.6. The Morgan fingerprint density at radius 3 is 2.90 bits per heavy atom. The largest absolute Gasteiger partial charge is 0.351 e. The van der Waals surface area contributed by atoms with E-state index in [1.165, 1.54) is 11.8 Å². The molecule has 2 N–H and O–H groups in total. The van der Waals surface area contributed by atoms with E-state index in [-0.39, 0.29) is 5.91 Å². The van der Waals surface area contributed by atoms with Gasteiger partial charge in [0.05, 0.1) is 33.2 Å². The van der Waals surface area contributed by atoms with E-state index in [2.05, 4.69) is 25.3 Å². The number of carbonyl (C=O) groups is 1. The number of pyridine rings is 1. The first-order chi connectivity index (χ1) is 14.7. The monoisotopic (exact) mass is 431 g/mol. The zero-order valence-electron chi connectivity index (χ0n) is 15.5. The molecule has 0 saturated carbocycles. The zero-order valence-corrected chi connectivity index (χ0v) is 17.0. The molecule has 0 radical (unpaired) electrons. The molecule has 5 rings (SSSR count). The Morgan fingerprint density at radius 2 is 2.03 bits per heavy atom. The van der Waals surface area contributed by atoms with E-state index in [1.54, 1.807) is 24.8 Å². The average Bonchev–Trinajstić information content (AvgIpc) is 3.40. The van der Waals surface area contributed by atoms with Gasteiger partial charge >= 0.3 is 0 Å². The van der Waals surface area contributed by atoms with Crippen LogP contribution in [-0.2, 0) is 4.79 Å². The lowest BCUT2D eigenvalue weighted by Crippen LogP contribution is -2.05. The molecule has 0 unspecified atom stereocenters. The molecule has 0 saturated heterocycles. The minimum Gasteiger partial charge on any atom is -0.351 e. The summed E-state index contributed by atoms with van der Waals surface area (Å²) < 4.78 is 0. The molecule has 0 aliphatic carbocycles. The first-order valence-corrected chi connectivity index (χ1v) is 10.3. The second-order valence-corrected chi connectivity index (χ2v) is 8.00. The van der Waals surface area contributed by atoms with Crippen LogP contribution in [0.2, 0.25) is 5.02 Å². The van der Waals surface area contributed by atoms with Crippen LogP contribution >= 0.6 is 23.4 Å². The van der Waals surface area contributed by atoms with Crippen LogP contribution in [0.3, 0.4) is 0 Å². The van der Waals surface area contributed by atoms with E-state index in [0.717, 1.165) is 27.7 Å². The summed E-state index contributed by atoms with van der Waals surface area (Å²) in [5, 5.41) is 5.19. The van der Waals surface area contributed by atoms with Crippen molar-refractivity contribution in [2.24, 2.45) is 4.99 Å². The number of amidine groups is 1. The number of benzene rings is 2. The predicted octanol–water partition coefficient (Wildman–Crippen LogP) is 5.36. The highest BCUT2D eigenvalue weighted by Crippen LogP contribution is 2.33. The lowest BCUT2D eigenvalue weighted by Gasteiger charge is -2.08. The molecule has 146 valence electrons. The molecule has 2 aromatic heterocycles. The van der Waals surface area contributed by atoms with Crippen LogP contribution in [0.15, 0.2) is 77.1 Å². The fraction of sp³-hybridized carbons (Fsp3) is 0. The molecule has 0 fully saturated rings. The molecule has 0 spiro atoms. The van der Waals surface area contributed by atoms with E-state index in [0.29, 0.717) is 20.8 Å². The molecule has 3 heterocycles. The highest BCUT2D eigenvalue weighted by molar-refractivity contribution is 8.18. The Bertz CT molecular complexity index is 1330. The number of thioether (sulfide) groups is 1. The molecular formula is C22H14ClN5OS. The van der Waals surface area contributed by atoms with Gasteiger partial charge in [0, 0.05) is 23.3 Å². The molecule has 8 heteroatoms. The van der Waals surface area contributed by atoms with E-state index in [9.17, 15) is 4.79 Å². The smallest absolute Gasteiger partial charge is 0.286 e. The van der Waals surface area contributed by atoms with Crippen LogP contribution in [-0.4, -0.2) is 26.0 Å². The van der Waals surface area contributed by atoms with E-state index >= 15 is 0 Å². The number of fused-ring (bicyclic) bond motifs is 1. The number of aromatic amines is 1. The van der Waals surface area contributed by atoms with E-state index in [1.807, 2.05) is 48.5 Å². The van der Waals surface area contributed by atoms with Crippen molar-refractivity contribution >= 4 is 57.1 Å². The third kappa shape index (κ3) is 3.72. The Kier molecular flexibility index (Phi) is 4.82. The topological polar surface area (TPSA) is 83.0 Å². The van der Waals surface area contributed by atoms with Crippen molar-refractivity contribution < 1.29 is 4.79 Å². The van der Waals surface area contributed by atoms with Gasteiger partial charge in [-0.05, 0) is 53.7 Å². The highest BCUT2D eigenvalue weighted by Gasteiger charge is 2.22. The van der Waals surface area contributed by atoms with E-state index < -0.39 is 0 Å². The summed E-state index contributed by atoms with van der Waals surface area (Å²) in [6.07, 6.45) is 7.01. The number of halogens is 1. The van der Waals surface area contributed by atoms with Gasteiger partial charge in [0.1, 0.15) is 0 Å². The van der Waals surface area contributed by atoms with Crippen LogP contribution in [0.25, 0.3) is 28.2 Å². The number of hydrogen-bond acceptors (Lipinski definition) is 5. The minimum atomic E-state index is -0.284. The number of imidazole rings is 1. The third-order valence-electron chi connectivity index (χ3n) is 4.55. The van der Waals surface area contributed by atoms with E-state index in [4.69, 9.17) is 11.6 Å². The van der Waals surface area contributed by atoms with Crippen molar-refractivity contribution in [2.75, 3.05) is 5.32 Å². The Labute approximate surface area is 181 Å². The number of amides is 1. The van der Waals surface area contributed by atoms with Crippen LogP contribution < -0.4 is 5.32 Å². The van der Waals surface area contributed by atoms with Gasteiger partial charge in [0.2, 0.25) is 0 Å². The summed E-state index contributed by atoms with van der Waals surface area (Å²) >= 11 is 7.61. The molecule has 4 aromatic rings. The highest BCUT2D eigenvalue weighted by atomic mass is 35.5. The van der Waals surface area contributed by atoms with Gasteiger partial charge in [0.25, 0.3) is 5.91 Å². The maximum absolute atomic E-state index is 12.4. The summed E-state index contributed by atoms with van der Waals surface area (Å²) in [5.41, 5.74) is 4.20. The summed E-state index contributed by atoms with van der Waals surface area (Å²) in [6.45, 7) is 0. The van der Waals surface area contributed by atoms with Crippen molar-refractivity contribution in [1.82, 2.24) is 15.0 Å². The maximum Gasteiger partial charge on any atom is 0.286 e. The lowest BCUT2D eigenvalue weighted by molar-refractivity contribution is -0.113. The van der Waals surface area contributed by atoms with Crippen LogP contribution in [0, 0.1) is 0 Å². The quantitative estimate of drug-likeness (QED) is 0.426. The molecule has 0 bridgehead atoms. The summed E-state index contributed by atoms with van der Waals surface area (Å²) in [5.74, 6) is -0.284. The summed E-state index contributed by atoms with van der Waals surface area (Å²) in [6, 6.07) is 15.3. The molecule has 30 heavy (non-hydrogen) atoms. The fourth-order valence-corrected chi connectivity index (χ4v) is 4.10. The molecule has 0 atom stereocenters. The molecule has 1 aliphatic rings. The van der Waals surface area contributed by atoms with Crippen LogP contribution in [0.1, 0.15) is 5.56 Å². The van der Waals surface area contributed by atoms with Gasteiger partial charge in [0.15, 0.2) is 5.17 Å². The minimum absolute atomic E-state index is 0.284. The van der Waals surface area contributed by atoms with Crippen molar-refractivity contribution in [1.29, 1.82) is 0 Å². The third-order valence-corrected chi connectivity index (χ3v) is 5.78. The Morgan fingerprint density at radius 1 is 1.10 bits per heavy atom. The van der Waals surface area contributed by atoms with Gasteiger partial charge < -0.3 is 10.3 Å². The predicted molar refractivity (Wildman–Crippen MR) is 122 cm³/mol. The van der Waals surface area contributed by atoms with Crippen molar-refractivity contribution in [3.63, 3.8) is 0 Å². The number of aromatic nitrogens is 3. The number of nitrogens with one attached hydrogen (secondary N) is 2. The normalized spacial score (nSPS) is 15.0. The number of rotatable bonds is 3. The van der Waals surface area contributed by atoms with Gasteiger partial charge in [-0.3, -0.25) is 9.78 Å². The number of anilines is 1. The first-order valence-electron chi connectivity index (χ1n) is 9.09. The van der Waals surface area contributed by atoms with Gasteiger partial charge in [-0.25, -0.2) is 4.98 Å². The maximum atomic E-state index is 12.4. The SMILES string of the molecule is O=C1N=C(Nc2cc(-c3c[nH]cn3)ccc2Cl)S/C1=C\c1ccc2ncccc2c1. The number of aliphatic imine (C=N–C) groups is 1. The number of carbonyl (C=O) groups excluding carboxylic acids is 1. The van der Waals surface area contributed by atoms with Crippen molar-refractivity contribution in [2.45, 2.75) is 0 Å².